The van der Waals surface area contributed by atoms with E-state index in [1.165, 1.54) is 19.3 Å². The molecule has 0 saturated carbocycles. The van der Waals surface area contributed by atoms with Crippen LogP contribution in [0.15, 0.2) is 0 Å². The van der Waals surface area contributed by atoms with Gasteiger partial charge >= 0.3 is 0 Å². The van der Waals surface area contributed by atoms with E-state index in [0.717, 1.165) is 25.4 Å². The summed E-state index contributed by atoms with van der Waals surface area (Å²) in [4.78, 5) is 5.38. The first-order chi connectivity index (χ1) is 4.95. The molecule has 2 heteroatoms. The highest BCUT2D eigenvalue weighted by Gasteiger charge is 2.21. The maximum atomic E-state index is 5.38. The molecule has 0 N–H and O–H groups in total. The summed E-state index contributed by atoms with van der Waals surface area (Å²) in [5.74, 6) is 0.910. The lowest BCUT2D eigenvalue weighted by atomic mass is 9.98. The van der Waals surface area contributed by atoms with Crippen LogP contribution >= 0.6 is 0 Å². The van der Waals surface area contributed by atoms with Crippen molar-refractivity contribution in [2.75, 3.05) is 13.1 Å². The zero-order valence-corrected chi connectivity index (χ0v) is 6.25. The van der Waals surface area contributed by atoms with Crippen molar-refractivity contribution in [3.63, 3.8) is 0 Å². The first-order valence-corrected chi connectivity index (χ1v) is 4.18. The van der Waals surface area contributed by atoms with Crippen LogP contribution in [-0.4, -0.2) is 18.2 Å². The summed E-state index contributed by atoms with van der Waals surface area (Å²) in [5.41, 5.74) is 0. The largest absolute Gasteiger partial charge is 0.293 e. The predicted octanol–water partition coefficient (Wildman–Crippen LogP) is 1.59. The third kappa shape index (κ3) is 1.32. The second-order valence-corrected chi connectivity index (χ2v) is 3.23. The van der Waals surface area contributed by atoms with Crippen LogP contribution < -0.4 is 0 Å². The smallest absolute Gasteiger partial charge is 0.108 e. The molecule has 2 aliphatic heterocycles. The fourth-order valence-corrected chi connectivity index (χ4v) is 1.76. The molecule has 10 heavy (non-hydrogen) atoms. The summed E-state index contributed by atoms with van der Waals surface area (Å²) in [6.07, 6.45) is 5.21. The average molecular weight is 140 g/mol. The standard InChI is InChI=1S/C8H14NO/c1-2-8-3-6-9(5-1)10-7-4-8/h7-8H,1-6H2. The monoisotopic (exact) mass is 140 g/mol. The summed E-state index contributed by atoms with van der Waals surface area (Å²) in [5, 5.41) is 2.09. The van der Waals surface area contributed by atoms with E-state index in [0.29, 0.717) is 0 Å². The molecule has 0 aliphatic carbocycles. The predicted molar refractivity (Wildman–Crippen MR) is 38.9 cm³/mol. The second-order valence-electron chi connectivity index (χ2n) is 3.23. The van der Waals surface area contributed by atoms with Crippen LogP contribution in [0.2, 0.25) is 0 Å². The minimum Gasteiger partial charge on any atom is -0.293 e. The van der Waals surface area contributed by atoms with Gasteiger partial charge in [0.25, 0.3) is 0 Å². The number of hydroxylamine groups is 2. The van der Waals surface area contributed by atoms with Gasteiger partial charge in [-0.1, -0.05) is 0 Å². The van der Waals surface area contributed by atoms with E-state index in [-0.39, 0.29) is 0 Å². The molecule has 0 aromatic rings. The Kier molecular flexibility index (Phi) is 1.91. The van der Waals surface area contributed by atoms with Crippen molar-refractivity contribution in [3.05, 3.63) is 6.61 Å². The molecule has 2 rings (SSSR count). The zero-order valence-electron chi connectivity index (χ0n) is 6.25. The summed E-state index contributed by atoms with van der Waals surface area (Å²) in [7, 11) is 0. The highest BCUT2D eigenvalue weighted by atomic mass is 16.7. The summed E-state index contributed by atoms with van der Waals surface area (Å²) < 4.78 is 0. The highest BCUT2D eigenvalue weighted by Crippen LogP contribution is 2.25. The Morgan fingerprint density at radius 3 is 3.30 bits per heavy atom. The van der Waals surface area contributed by atoms with Crippen molar-refractivity contribution < 1.29 is 4.84 Å². The van der Waals surface area contributed by atoms with Crippen molar-refractivity contribution in [2.45, 2.75) is 25.7 Å². The Morgan fingerprint density at radius 2 is 2.30 bits per heavy atom. The number of nitrogens with zero attached hydrogens (tertiary/aromatic N) is 1. The van der Waals surface area contributed by atoms with Gasteiger partial charge in [-0.15, -0.1) is 0 Å². The van der Waals surface area contributed by atoms with Gasteiger partial charge in [-0.05, 0) is 31.6 Å². The van der Waals surface area contributed by atoms with Crippen molar-refractivity contribution >= 4 is 0 Å². The Hall–Kier alpha value is -0.0800. The Labute approximate surface area is 62.1 Å². The lowest BCUT2D eigenvalue weighted by Crippen LogP contribution is -2.22. The number of rotatable bonds is 0. The molecule has 2 heterocycles. The van der Waals surface area contributed by atoms with Gasteiger partial charge in [-0.25, -0.2) is 0 Å². The van der Waals surface area contributed by atoms with E-state index in [2.05, 4.69) is 5.06 Å². The maximum Gasteiger partial charge on any atom is 0.108 e. The molecule has 2 unspecified atom stereocenters. The molecule has 0 spiro atoms. The summed E-state index contributed by atoms with van der Waals surface area (Å²) in [6.45, 7) is 4.24. The van der Waals surface area contributed by atoms with E-state index >= 15 is 0 Å². The van der Waals surface area contributed by atoms with Crippen LogP contribution in [0.3, 0.4) is 0 Å². The van der Waals surface area contributed by atoms with Gasteiger partial charge in [0.15, 0.2) is 0 Å². The SMILES string of the molecule is [CH]1CC2CCCN(CC2)O1. The minimum absolute atomic E-state index is 0.910. The molecule has 2 aliphatic rings. The van der Waals surface area contributed by atoms with Crippen LogP contribution in [0.25, 0.3) is 0 Å². The number of hydrogen-bond acceptors (Lipinski definition) is 2. The molecule has 2 saturated heterocycles. The van der Waals surface area contributed by atoms with Crippen molar-refractivity contribution in [2.24, 2.45) is 5.92 Å². The van der Waals surface area contributed by atoms with Crippen molar-refractivity contribution in [1.82, 2.24) is 5.06 Å². The van der Waals surface area contributed by atoms with E-state index in [1.807, 2.05) is 6.61 Å². The Bertz CT molecular complexity index is 93.8. The fraction of sp³-hybridized carbons (Fsp3) is 0.875. The normalized spacial score (nSPS) is 40.8. The highest BCUT2D eigenvalue weighted by molar-refractivity contribution is 4.73. The molecular weight excluding hydrogens is 126 g/mol. The van der Waals surface area contributed by atoms with Gasteiger partial charge < -0.3 is 0 Å². The molecule has 1 radical (unpaired) electrons. The molecular formula is C8H14NO. The molecule has 2 atom stereocenters. The van der Waals surface area contributed by atoms with Crippen molar-refractivity contribution in [1.29, 1.82) is 0 Å². The lowest BCUT2D eigenvalue weighted by molar-refractivity contribution is -0.122. The molecule has 0 amide bonds. The molecule has 2 bridgehead atoms. The summed E-state index contributed by atoms with van der Waals surface area (Å²) in [6, 6.07) is 0. The molecule has 0 aromatic heterocycles. The molecule has 2 nitrogen and oxygen atoms in total. The number of hydrogen-bond donors (Lipinski definition) is 0. The second kappa shape index (κ2) is 2.89. The first-order valence-electron chi connectivity index (χ1n) is 4.18. The topological polar surface area (TPSA) is 12.5 Å². The lowest BCUT2D eigenvalue weighted by Gasteiger charge is -2.18. The van der Waals surface area contributed by atoms with Gasteiger partial charge in [-0.3, -0.25) is 4.84 Å². The van der Waals surface area contributed by atoms with Gasteiger partial charge in [0.2, 0.25) is 0 Å². The van der Waals surface area contributed by atoms with Crippen LogP contribution in [0.4, 0.5) is 0 Å². The van der Waals surface area contributed by atoms with E-state index in [9.17, 15) is 0 Å². The van der Waals surface area contributed by atoms with Crippen LogP contribution in [0.1, 0.15) is 25.7 Å². The zero-order chi connectivity index (χ0) is 6.81. The average Bonchev–Trinajstić information content (AvgIpc) is 2.17. The van der Waals surface area contributed by atoms with E-state index < -0.39 is 0 Å². The van der Waals surface area contributed by atoms with Gasteiger partial charge in [0.1, 0.15) is 6.61 Å². The Balaban J connectivity index is 2.01. The fourth-order valence-electron chi connectivity index (χ4n) is 1.76. The Morgan fingerprint density at radius 1 is 1.30 bits per heavy atom. The van der Waals surface area contributed by atoms with Crippen LogP contribution in [0, 0.1) is 12.5 Å². The number of fused-ring (bicyclic) bond motifs is 3. The van der Waals surface area contributed by atoms with Crippen LogP contribution in [0.5, 0.6) is 0 Å². The third-order valence-corrected chi connectivity index (χ3v) is 2.46. The molecule has 2 fully saturated rings. The third-order valence-electron chi connectivity index (χ3n) is 2.46. The molecule has 57 valence electrons. The molecule has 0 aromatic carbocycles. The summed E-state index contributed by atoms with van der Waals surface area (Å²) >= 11 is 0. The van der Waals surface area contributed by atoms with E-state index in [4.69, 9.17) is 4.84 Å². The van der Waals surface area contributed by atoms with Crippen LogP contribution in [-0.2, 0) is 4.84 Å². The quantitative estimate of drug-likeness (QED) is 0.506. The van der Waals surface area contributed by atoms with Gasteiger partial charge in [0, 0.05) is 13.1 Å². The van der Waals surface area contributed by atoms with E-state index in [1.54, 1.807) is 0 Å². The van der Waals surface area contributed by atoms with Crippen molar-refractivity contribution in [3.8, 4) is 0 Å². The van der Waals surface area contributed by atoms with Gasteiger partial charge in [0.05, 0.1) is 0 Å². The minimum atomic E-state index is 0.910. The van der Waals surface area contributed by atoms with Gasteiger partial charge in [-0.2, -0.15) is 5.06 Å². The maximum absolute atomic E-state index is 5.38. The first kappa shape index (κ1) is 6.62.